The Morgan fingerprint density at radius 1 is 1.14 bits per heavy atom. The Morgan fingerprint density at radius 3 is 2.66 bits per heavy atom. The molecule has 1 unspecified atom stereocenters. The van der Waals surface area contributed by atoms with Gasteiger partial charge >= 0.3 is 0 Å². The van der Waals surface area contributed by atoms with Crippen molar-refractivity contribution in [2.24, 2.45) is 0 Å². The van der Waals surface area contributed by atoms with Crippen molar-refractivity contribution in [2.45, 2.75) is 26.4 Å². The van der Waals surface area contributed by atoms with Crippen LogP contribution < -0.4 is 10.5 Å². The van der Waals surface area contributed by atoms with E-state index < -0.39 is 11.4 Å². The highest BCUT2D eigenvalue weighted by Gasteiger charge is 2.24. The summed E-state index contributed by atoms with van der Waals surface area (Å²) < 4.78 is 13.6. The minimum Gasteiger partial charge on any atom is -0.369 e. The first-order valence-electron chi connectivity index (χ1n) is 9.91. The number of H-pyrrole nitrogens is 1. The zero-order valence-corrected chi connectivity index (χ0v) is 16.7. The van der Waals surface area contributed by atoms with Crippen LogP contribution in [0.2, 0.25) is 0 Å². The molecule has 0 amide bonds. The van der Waals surface area contributed by atoms with Crippen LogP contribution in [0.15, 0.2) is 59.4 Å². The van der Waals surface area contributed by atoms with Gasteiger partial charge in [0, 0.05) is 43.5 Å². The highest BCUT2D eigenvalue weighted by Crippen LogP contribution is 2.22. The number of para-hydroxylation sites is 1. The predicted octanol–water partition coefficient (Wildman–Crippen LogP) is 3.60. The number of nitrogens with one attached hydrogen (secondary N) is 1. The van der Waals surface area contributed by atoms with E-state index in [0.29, 0.717) is 11.9 Å². The summed E-state index contributed by atoms with van der Waals surface area (Å²) in [5.41, 5.74) is 2.58. The first-order chi connectivity index (χ1) is 14.0. The second kappa shape index (κ2) is 8.17. The maximum absolute atomic E-state index is 13.6. The summed E-state index contributed by atoms with van der Waals surface area (Å²) in [5.74, 6) is -0.423. The van der Waals surface area contributed by atoms with Gasteiger partial charge < -0.3 is 9.88 Å². The zero-order chi connectivity index (χ0) is 20.4. The summed E-state index contributed by atoms with van der Waals surface area (Å²) in [4.78, 5) is 23.4. The molecule has 150 valence electrons. The highest BCUT2D eigenvalue weighted by molar-refractivity contribution is 5.56. The number of benzene rings is 2. The third kappa shape index (κ3) is 4.22. The SMILES string of the molecule is Cc1nc(-c2cccc(CN3CCN(c4ccccc4)CC3C)c2)[nH]c(=O)c1F. The Morgan fingerprint density at radius 2 is 1.93 bits per heavy atom. The Balaban J connectivity index is 1.48. The van der Waals surface area contributed by atoms with E-state index in [1.165, 1.54) is 12.6 Å². The molecule has 2 heterocycles. The van der Waals surface area contributed by atoms with Crippen LogP contribution in [0.3, 0.4) is 0 Å². The molecule has 5 nitrogen and oxygen atoms in total. The molecule has 1 aliphatic heterocycles. The molecule has 2 aromatic carbocycles. The average Bonchev–Trinajstić information content (AvgIpc) is 2.74. The van der Waals surface area contributed by atoms with Crippen molar-refractivity contribution >= 4 is 5.69 Å². The van der Waals surface area contributed by atoms with Crippen LogP contribution in [0.25, 0.3) is 11.4 Å². The van der Waals surface area contributed by atoms with Crippen LogP contribution in [0.5, 0.6) is 0 Å². The molecule has 1 aliphatic rings. The summed E-state index contributed by atoms with van der Waals surface area (Å²) >= 11 is 0. The summed E-state index contributed by atoms with van der Waals surface area (Å²) in [6.45, 7) is 7.52. The monoisotopic (exact) mass is 392 g/mol. The van der Waals surface area contributed by atoms with Crippen molar-refractivity contribution in [1.29, 1.82) is 0 Å². The lowest BCUT2D eigenvalue weighted by Crippen LogP contribution is -2.51. The zero-order valence-electron chi connectivity index (χ0n) is 16.7. The number of aromatic nitrogens is 2. The van der Waals surface area contributed by atoms with Crippen molar-refractivity contribution in [2.75, 3.05) is 24.5 Å². The molecule has 1 N–H and O–H groups in total. The van der Waals surface area contributed by atoms with Crippen molar-refractivity contribution in [1.82, 2.24) is 14.9 Å². The van der Waals surface area contributed by atoms with Gasteiger partial charge in [-0.2, -0.15) is 4.39 Å². The molecule has 0 spiro atoms. The second-order valence-electron chi connectivity index (χ2n) is 7.62. The lowest BCUT2D eigenvalue weighted by atomic mass is 10.1. The fourth-order valence-electron chi connectivity index (χ4n) is 3.86. The number of halogens is 1. The molecule has 1 saturated heterocycles. The Kier molecular flexibility index (Phi) is 5.45. The summed E-state index contributed by atoms with van der Waals surface area (Å²) in [5, 5.41) is 0. The van der Waals surface area contributed by atoms with Crippen LogP contribution >= 0.6 is 0 Å². The van der Waals surface area contributed by atoms with E-state index in [1.54, 1.807) is 0 Å². The van der Waals surface area contributed by atoms with Gasteiger partial charge in [-0.3, -0.25) is 9.69 Å². The number of rotatable bonds is 4. The normalized spacial score (nSPS) is 17.5. The highest BCUT2D eigenvalue weighted by atomic mass is 19.1. The van der Waals surface area contributed by atoms with Crippen molar-refractivity contribution < 1.29 is 4.39 Å². The fraction of sp³-hybridized carbons (Fsp3) is 0.304. The summed E-state index contributed by atoms with van der Waals surface area (Å²) in [6.07, 6.45) is 0. The van der Waals surface area contributed by atoms with E-state index in [2.05, 4.69) is 57.0 Å². The molecule has 3 aromatic rings. The maximum Gasteiger partial charge on any atom is 0.287 e. The molecule has 29 heavy (non-hydrogen) atoms. The van der Waals surface area contributed by atoms with Crippen LogP contribution in [0.4, 0.5) is 10.1 Å². The Bertz CT molecular complexity index is 1050. The van der Waals surface area contributed by atoms with E-state index in [9.17, 15) is 9.18 Å². The minimum atomic E-state index is -0.824. The standard InChI is InChI=1S/C23H25FN4O/c1-16-14-28(20-9-4-3-5-10-20)12-11-27(16)15-18-7-6-8-19(13-18)22-25-17(2)21(24)23(29)26-22/h3-10,13,16H,11-12,14-15H2,1-2H3,(H,25,26,29). The number of piperazine rings is 1. The number of hydrogen-bond donors (Lipinski definition) is 1. The van der Waals surface area contributed by atoms with E-state index in [1.807, 2.05) is 24.3 Å². The molecule has 4 rings (SSSR count). The molecular weight excluding hydrogens is 367 g/mol. The molecule has 0 radical (unpaired) electrons. The fourth-order valence-corrected chi connectivity index (χ4v) is 3.86. The molecule has 1 fully saturated rings. The first-order valence-corrected chi connectivity index (χ1v) is 9.91. The van der Waals surface area contributed by atoms with E-state index in [0.717, 1.165) is 37.3 Å². The number of hydrogen-bond acceptors (Lipinski definition) is 4. The topological polar surface area (TPSA) is 52.2 Å². The second-order valence-corrected chi connectivity index (χ2v) is 7.62. The van der Waals surface area contributed by atoms with Crippen molar-refractivity contribution in [3.8, 4) is 11.4 Å². The summed E-state index contributed by atoms with van der Waals surface area (Å²) in [7, 11) is 0. The first kappa shape index (κ1) is 19.3. The number of aromatic amines is 1. The Hall–Kier alpha value is -2.99. The minimum absolute atomic E-state index is 0.111. The van der Waals surface area contributed by atoms with Gasteiger partial charge in [-0.25, -0.2) is 4.98 Å². The third-order valence-corrected chi connectivity index (χ3v) is 5.50. The molecule has 0 bridgehead atoms. The van der Waals surface area contributed by atoms with Crippen LogP contribution in [-0.4, -0.2) is 40.5 Å². The average molecular weight is 392 g/mol. The van der Waals surface area contributed by atoms with Gasteiger partial charge in [0.15, 0.2) is 0 Å². The van der Waals surface area contributed by atoms with Gasteiger partial charge in [0.25, 0.3) is 5.56 Å². The molecule has 1 aromatic heterocycles. The van der Waals surface area contributed by atoms with Gasteiger partial charge in [0.2, 0.25) is 5.82 Å². The van der Waals surface area contributed by atoms with Gasteiger partial charge in [0.1, 0.15) is 5.82 Å². The molecule has 1 atom stereocenters. The maximum atomic E-state index is 13.6. The lowest BCUT2D eigenvalue weighted by Gasteiger charge is -2.41. The van der Waals surface area contributed by atoms with E-state index >= 15 is 0 Å². The van der Waals surface area contributed by atoms with Gasteiger partial charge in [0.05, 0.1) is 5.69 Å². The predicted molar refractivity (Wildman–Crippen MR) is 114 cm³/mol. The van der Waals surface area contributed by atoms with Crippen LogP contribution in [0, 0.1) is 12.7 Å². The van der Waals surface area contributed by atoms with E-state index in [4.69, 9.17) is 0 Å². The summed E-state index contributed by atoms with van der Waals surface area (Å²) in [6, 6.07) is 18.9. The van der Waals surface area contributed by atoms with Crippen LogP contribution in [0.1, 0.15) is 18.2 Å². The molecule has 0 aliphatic carbocycles. The molecule has 6 heteroatoms. The molecule has 0 saturated carbocycles. The van der Waals surface area contributed by atoms with Gasteiger partial charge in [-0.1, -0.05) is 36.4 Å². The van der Waals surface area contributed by atoms with Gasteiger partial charge in [-0.15, -0.1) is 0 Å². The number of aryl methyl sites for hydroxylation is 1. The largest absolute Gasteiger partial charge is 0.369 e. The smallest absolute Gasteiger partial charge is 0.287 e. The lowest BCUT2D eigenvalue weighted by molar-refractivity contribution is 0.181. The van der Waals surface area contributed by atoms with Gasteiger partial charge in [-0.05, 0) is 37.6 Å². The molecular formula is C23H25FN4O. The van der Waals surface area contributed by atoms with E-state index in [-0.39, 0.29) is 5.69 Å². The van der Waals surface area contributed by atoms with Crippen LogP contribution in [-0.2, 0) is 6.54 Å². The quantitative estimate of drug-likeness (QED) is 0.737. The third-order valence-electron chi connectivity index (χ3n) is 5.50. The van der Waals surface area contributed by atoms with Crippen molar-refractivity contribution in [3.05, 3.63) is 82.0 Å². The number of anilines is 1. The van der Waals surface area contributed by atoms with Crippen molar-refractivity contribution in [3.63, 3.8) is 0 Å². The number of nitrogens with zero attached hydrogens (tertiary/aromatic N) is 3. The Labute approximate surface area is 169 Å².